The number of rotatable bonds is 5. The first-order valence-corrected chi connectivity index (χ1v) is 12.8. The van der Waals surface area contributed by atoms with Crippen molar-refractivity contribution in [1.82, 2.24) is 29.3 Å². The molecule has 1 saturated heterocycles. The van der Waals surface area contributed by atoms with E-state index in [0.29, 0.717) is 24.1 Å². The van der Waals surface area contributed by atoms with Gasteiger partial charge in [0.2, 0.25) is 0 Å². The van der Waals surface area contributed by atoms with Gasteiger partial charge in [-0.2, -0.15) is 10.2 Å². The maximum Gasteiger partial charge on any atom is 0.151 e. The topological polar surface area (TPSA) is 103 Å². The highest BCUT2D eigenvalue weighted by Crippen LogP contribution is 2.39. The van der Waals surface area contributed by atoms with Crippen molar-refractivity contribution in [1.29, 1.82) is 0 Å². The van der Waals surface area contributed by atoms with E-state index in [0.717, 1.165) is 65.1 Å². The van der Waals surface area contributed by atoms with E-state index in [4.69, 9.17) is 16.6 Å². The highest BCUT2D eigenvalue weighted by Gasteiger charge is 2.33. The highest BCUT2D eigenvalue weighted by molar-refractivity contribution is 5.96. The van der Waals surface area contributed by atoms with Crippen LogP contribution in [0, 0.1) is 0 Å². The Labute approximate surface area is 209 Å². The van der Waals surface area contributed by atoms with Crippen LogP contribution in [0.1, 0.15) is 42.9 Å². The standard InChI is InChI=1S/C28H30N8/c29-27-26-23(15-25(36(26)32-17-31-27)19-10-12-34(13-11-19)21-7-8-21)20-6-9-22-24(14-20)33-35(28(22)30)16-18-4-2-1-3-5-18/h1-6,9,14-15,17,19,21H,7-8,10-13,16,30H2,(H2,29,31,32). The Morgan fingerprint density at radius 1 is 0.917 bits per heavy atom. The number of likely N-dealkylation sites (tertiary alicyclic amines) is 1. The van der Waals surface area contributed by atoms with Crippen molar-refractivity contribution in [2.45, 2.75) is 44.2 Å². The van der Waals surface area contributed by atoms with Gasteiger partial charge in [0.15, 0.2) is 5.82 Å². The molecule has 0 spiro atoms. The zero-order valence-corrected chi connectivity index (χ0v) is 20.2. The number of aromatic nitrogens is 5. The van der Waals surface area contributed by atoms with E-state index in [1.165, 1.54) is 18.5 Å². The van der Waals surface area contributed by atoms with E-state index in [1.54, 1.807) is 6.33 Å². The first-order valence-electron chi connectivity index (χ1n) is 12.8. The number of piperidine rings is 1. The number of anilines is 2. The van der Waals surface area contributed by atoms with Crippen molar-refractivity contribution in [2.75, 3.05) is 24.6 Å². The summed E-state index contributed by atoms with van der Waals surface area (Å²) in [5, 5.41) is 10.4. The molecule has 0 amide bonds. The molecular formula is C28H30N8. The number of fused-ring (bicyclic) bond motifs is 2. The van der Waals surface area contributed by atoms with Crippen LogP contribution in [0.4, 0.5) is 11.6 Å². The van der Waals surface area contributed by atoms with Crippen LogP contribution in [0.5, 0.6) is 0 Å². The second-order valence-corrected chi connectivity index (χ2v) is 10.2. The molecule has 3 aromatic heterocycles. The molecule has 4 N–H and O–H groups in total. The zero-order chi connectivity index (χ0) is 24.2. The summed E-state index contributed by atoms with van der Waals surface area (Å²) >= 11 is 0. The molecule has 0 bridgehead atoms. The number of hydrogen-bond acceptors (Lipinski definition) is 6. The van der Waals surface area contributed by atoms with Crippen LogP contribution >= 0.6 is 0 Å². The predicted molar refractivity (Wildman–Crippen MR) is 143 cm³/mol. The molecule has 2 fully saturated rings. The molecule has 8 heteroatoms. The van der Waals surface area contributed by atoms with E-state index in [-0.39, 0.29) is 0 Å². The fourth-order valence-corrected chi connectivity index (χ4v) is 5.80. The van der Waals surface area contributed by atoms with E-state index in [2.05, 4.69) is 51.4 Å². The van der Waals surface area contributed by atoms with Gasteiger partial charge in [0.25, 0.3) is 0 Å². The van der Waals surface area contributed by atoms with Gasteiger partial charge >= 0.3 is 0 Å². The lowest BCUT2D eigenvalue weighted by Gasteiger charge is -2.31. The van der Waals surface area contributed by atoms with Crippen LogP contribution in [0.25, 0.3) is 27.5 Å². The molecule has 0 unspecified atom stereocenters. The molecule has 0 radical (unpaired) electrons. The quantitative estimate of drug-likeness (QED) is 0.390. The Morgan fingerprint density at radius 3 is 2.50 bits per heavy atom. The third-order valence-corrected chi connectivity index (χ3v) is 7.89. The fraction of sp³-hybridized carbons (Fsp3) is 0.321. The van der Waals surface area contributed by atoms with Crippen molar-refractivity contribution in [3.05, 3.63) is 72.2 Å². The molecule has 36 heavy (non-hydrogen) atoms. The smallest absolute Gasteiger partial charge is 0.151 e. The van der Waals surface area contributed by atoms with Crippen LogP contribution in [0.3, 0.4) is 0 Å². The van der Waals surface area contributed by atoms with Gasteiger partial charge in [0.05, 0.1) is 12.1 Å². The van der Waals surface area contributed by atoms with Crippen LogP contribution in [0.2, 0.25) is 0 Å². The first kappa shape index (κ1) is 21.4. The maximum atomic E-state index is 6.48. The summed E-state index contributed by atoms with van der Waals surface area (Å²) in [5.41, 5.74) is 19.1. The van der Waals surface area contributed by atoms with Crippen molar-refractivity contribution >= 4 is 28.1 Å². The van der Waals surface area contributed by atoms with Gasteiger partial charge in [0.1, 0.15) is 17.7 Å². The highest BCUT2D eigenvalue weighted by atomic mass is 15.3. The number of nitrogens with two attached hydrogens (primary N) is 2. The summed E-state index contributed by atoms with van der Waals surface area (Å²) in [5.74, 6) is 1.63. The minimum absolute atomic E-state index is 0.458. The minimum Gasteiger partial charge on any atom is -0.383 e. The predicted octanol–water partition coefficient (Wildman–Crippen LogP) is 4.30. The number of nitrogen functional groups attached to an aromatic ring is 2. The van der Waals surface area contributed by atoms with Gasteiger partial charge in [-0.25, -0.2) is 14.2 Å². The molecule has 1 aliphatic carbocycles. The van der Waals surface area contributed by atoms with Gasteiger partial charge in [-0.3, -0.25) is 0 Å². The third kappa shape index (κ3) is 3.60. The average molecular weight is 479 g/mol. The minimum atomic E-state index is 0.458. The molecule has 0 atom stereocenters. The number of hydrogen-bond donors (Lipinski definition) is 2. The lowest BCUT2D eigenvalue weighted by Crippen LogP contribution is -2.34. The third-order valence-electron chi connectivity index (χ3n) is 7.89. The molecule has 2 aliphatic rings. The van der Waals surface area contributed by atoms with Crippen LogP contribution in [-0.4, -0.2) is 48.4 Å². The lowest BCUT2D eigenvalue weighted by molar-refractivity contribution is 0.201. The summed E-state index contributed by atoms with van der Waals surface area (Å²) < 4.78 is 3.89. The van der Waals surface area contributed by atoms with Crippen LogP contribution in [0.15, 0.2) is 60.9 Å². The summed E-state index contributed by atoms with van der Waals surface area (Å²) in [4.78, 5) is 6.97. The van der Waals surface area contributed by atoms with Gasteiger partial charge < -0.3 is 16.4 Å². The van der Waals surface area contributed by atoms with Gasteiger partial charge in [-0.15, -0.1) is 0 Å². The SMILES string of the molecule is Nc1ncnn2c(C3CCN(C4CC4)CC3)cc(-c3ccc4c(N)n(Cc5ccccc5)nc4c3)c12. The van der Waals surface area contributed by atoms with Crippen molar-refractivity contribution in [2.24, 2.45) is 0 Å². The van der Waals surface area contributed by atoms with Gasteiger partial charge in [0, 0.05) is 28.6 Å². The van der Waals surface area contributed by atoms with E-state index in [1.807, 2.05) is 27.4 Å². The largest absolute Gasteiger partial charge is 0.383 e. The monoisotopic (exact) mass is 478 g/mol. The molecule has 2 aromatic carbocycles. The van der Waals surface area contributed by atoms with Gasteiger partial charge in [-0.1, -0.05) is 36.4 Å². The van der Waals surface area contributed by atoms with Crippen LogP contribution < -0.4 is 11.5 Å². The summed E-state index contributed by atoms with van der Waals surface area (Å²) in [6, 6.07) is 19.6. The average Bonchev–Trinajstić information content (AvgIpc) is 3.62. The Morgan fingerprint density at radius 2 is 1.72 bits per heavy atom. The first-order chi connectivity index (χ1) is 17.7. The van der Waals surface area contributed by atoms with Crippen LogP contribution in [-0.2, 0) is 6.54 Å². The molecule has 1 saturated carbocycles. The maximum absolute atomic E-state index is 6.48. The Balaban J connectivity index is 1.27. The van der Waals surface area contributed by atoms with E-state index >= 15 is 0 Å². The lowest BCUT2D eigenvalue weighted by atomic mass is 9.93. The number of benzene rings is 2. The molecule has 1 aliphatic heterocycles. The summed E-state index contributed by atoms with van der Waals surface area (Å²) in [7, 11) is 0. The summed E-state index contributed by atoms with van der Waals surface area (Å²) in [6.45, 7) is 2.95. The molecular weight excluding hydrogens is 448 g/mol. The van der Waals surface area contributed by atoms with E-state index < -0.39 is 0 Å². The second-order valence-electron chi connectivity index (χ2n) is 10.2. The molecule has 4 heterocycles. The zero-order valence-electron chi connectivity index (χ0n) is 20.2. The second kappa shape index (κ2) is 8.34. The fourth-order valence-electron chi connectivity index (χ4n) is 5.80. The van der Waals surface area contributed by atoms with E-state index in [9.17, 15) is 0 Å². The Kier molecular flexibility index (Phi) is 4.95. The van der Waals surface area contributed by atoms with Crippen molar-refractivity contribution in [3.63, 3.8) is 0 Å². The molecule has 8 nitrogen and oxygen atoms in total. The Hall–Kier alpha value is -3.91. The van der Waals surface area contributed by atoms with Crippen molar-refractivity contribution < 1.29 is 0 Å². The van der Waals surface area contributed by atoms with Crippen molar-refractivity contribution in [3.8, 4) is 11.1 Å². The van der Waals surface area contributed by atoms with Gasteiger partial charge in [-0.05, 0) is 68.1 Å². The normalized spacial score (nSPS) is 17.3. The molecule has 5 aromatic rings. The Bertz CT molecular complexity index is 1560. The molecule has 7 rings (SSSR count). The summed E-state index contributed by atoms with van der Waals surface area (Å²) in [6.07, 6.45) is 6.57. The molecule has 182 valence electrons. The number of nitrogens with zero attached hydrogens (tertiary/aromatic N) is 6.